The van der Waals surface area contributed by atoms with Gasteiger partial charge in [0.15, 0.2) is 0 Å². The first-order valence-corrected chi connectivity index (χ1v) is 8.61. The minimum absolute atomic E-state index is 0.0707. The minimum Gasteiger partial charge on any atom is -0.393 e. The predicted molar refractivity (Wildman–Crippen MR) is 87.8 cm³/mol. The summed E-state index contributed by atoms with van der Waals surface area (Å²) in [5.41, 5.74) is 1.24. The molecule has 3 rings (SSSR count). The van der Waals surface area contributed by atoms with E-state index in [1.165, 1.54) is 23.5 Å². The third-order valence-corrected chi connectivity index (χ3v) is 5.21. The Balaban J connectivity index is 1.68. The van der Waals surface area contributed by atoms with E-state index < -0.39 is 0 Å². The van der Waals surface area contributed by atoms with Gasteiger partial charge in [-0.25, -0.2) is 9.37 Å². The van der Waals surface area contributed by atoms with Crippen molar-refractivity contribution < 1.29 is 14.3 Å². The lowest BCUT2D eigenvalue weighted by atomic mass is 9.92. The van der Waals surface area contributed by atoms with E-state index in [2.05, 4.69) is 4.98 Å². The van der Waals surface area contributed by atoms with Crippen LogP contribution in [-0.4, -0.2) is 40.1 Å². The molecule has 6 heteroatoms. The van der Waals surface area contributed by atoms with E-state index in [1.54, 1.807) is 29.3 Å². The molecule has 1 unspecified atom stereocenters. The zero-order valence-electron chi connectivity index (χ0n) is 12.9. The third kappa shape index (κ3) is 3.59. The van der Waals surface area contributed by atoms with Gasteiger partial charge >= 0.3 is 0 Å². The van der Waals surface area contributed by atoms with Gasteiger partial charge in [-0.1, -0.05) is 0 Å². The highest BCUT2D eigenvalue weighted by Gasteiger charge is 2.27. The van der Waals surface area contributed by atoms with Crippen LogP contribution < -0.4 is 0 Å². The van der Waals surface area contributed by atoms with Gasteiger partial charge in [0.1, 0.15) is 16.5 Å². The van der Waals surface area contributed by atoms with E-state index in [4.69, 9.17) is 0 Å². The van der Waals surface area contributed by atoms with Crippen molar-refractivity contribution in [2.24, 2.45) is 5.92 Å². The summed E-state index contributed by atoms with van der Waals surface area (Å²) in [6, 6.07) is 6.10. The topological polar surface area (TPSA) is 53.4 Å². The van der Waals surface area contributed by atoms with Gasteiger partial charge in [-0.3, -0.25) is 4.79 Å². The van der Waals surface area contributed by atoms with Crippen LogP contribution in [0.3, 0.4) is 0 Å². The Morgan fingerprint density at radius 1 is 1.35 bits per heavy atom. The zero-order valence-corrected chi connectivity index (χ0v) is 13.7. The second kappa shape index (κ2) is 6.76. The smallest absolute Gasteiger partial charge is 0.273 e. The number of hydrogen-bond acceptors (Lipinski definition) is 4. The molecular formula is C17H19FN2O2S. The maximum Gasteiger partial charge on any atom is 0.273 e. The van der Waals surface area contributed by atoms with Crippen LogP contribution in [0.5, 0.6) is 0 Å². The fourth-order valence-corrected chi connectivity index (χ4v) is 3.64. The van der Waals surface area contributed by atoms with Crippen LogP contribution in [0.4, 0.5) is 4.39 Å². The van der Waals surface area contributed by atoms with Crippen LogP contribution in [0.15, 0.2) is 29.6 Å². The summed E-state index contributed by atoms with van der Waals surface area (Å²) in [4.78, 5) is 18.7. The molecule has 1 aromatic heterocycles. The van der Waals surface area contributed by atoms with E-state index >= 15 is 0 Å². The van der Waals surface area contributed by atoms with E-state index in [9.17, 15) is 14.3 Å². The predicted octanol–water partition coefficient (Wildman–Crippen LogP) is 3.18. The van der Waals surface area contributed by atoms with Crippen molar-refractivity contribution in [2.45, 2.75) is 25.9 Å². The first-order valence-electron chi connectivity index (χ1n) is 7.73. The number of aromatic nitrogens is 1. The van der Waals surface area contributed by atoms with Crippen LogP contribution in [0.2, 0.25) is 0 Å². The number of nitrogens with zero attached hydrogens (tertiary/aromatic N) is 2. The zero-order chi connectivity index (χ0) is 16.4. The van der Waals surface area contributed by atoms with Crippen molar-refractivity contribution in [3.8, 4) is 10.6 Å². The van der Waals surface area contributed by atoms with Crippen molar-refractivity contribution >= 4 is 17.2 Å². The molecule has 1 N–H and O–H groups in total. The second-order valence-corrected chi connectivity index (χ2v) is 6.77. The maximum atomic E-state index is 13.0. The van der Waals surface area contributed by atoms with Gasteiger partial charge < -0.3 is 10.0 Å². The Labute approximate surface area is 138 Å². The number of likely N-dealkylation sites (tertiary alicyclic amines) is 1. The molecule has 0 radical (unpaired) electrons. The van der Waals surface area contributed by atoms with Crippen LogP contribution in [0.1, 0.15) is 30.3 Å². The molecule has 2 heterocycles. The van der Waals surface area contributed by atoms with Gasteiger partial charge in [-0.2, -0.15) is 0 Å². The van der Waals surface area contributed by atoms with E-state index in [0.29, 0.717) is 23.8 Å². The van der Waals surface area contributed by atoms with Gasteiger partial charge in [0.05, 0.1) is 6.10 Å². The Bertz CT molecular complexity index is 676. The molecular weight excluding hydrogens is 315 g/mol. The molecule has 1 aromatic carbocycles. The minimum atomic E-state index is -0.323. The van der Waals surface area contributed by atoms with Crippen molar-refractivity contribution in [1.82, 2.24) is 9.88 Å². The second-order valence-electron chi connectivity index (χ2n) is 5.92. The summed E-state index contributed by atoms with van der Waals surface area (Å²) in [7, 11) is 0. The fraction of sp³-hybridized carbons (Fsp3) is 0.412. The highest BCUT2D eigenvalue weighted by Crippen LogP contribution is 2.26. The molecule has 0 spiro atoms. The van der Waals surface area contributed by atoms with Crippen LogP contribution in [0, 0.1) is 11.7 Å². The number of rotatable bonds is 3. The number of thiazole rings is 1. The van der Waals surface area contributed by atoms with Gasteiger partial charge in [0, 0.05) is 24.0 Å². The molecule has 23 heavy (non-hydrogen) atoms. The monoisotopic (exact) mass is 334 g/mol. The summed E-state index contributed by atoms with van der Waals surface area (Å²) < 4.78 is 13.0. The first-order chi connectivity index (χ1) is 11.0. The van der Waals surface area contributed by atoms with Gasteiger partial charge in [-0.05, 0) is 49.9 Å². The van der Waals surface area contributed by atoms with Crippen molar-refractivity contribution in [3.05, 3.63) is 41.2 Å². The van der Waals surface area contributed by atoms with Gasteiger partial charge in [-0.15, -0.1) is 11.3 Å². The molecule has 1 aliphatic rings. The summed E-state index contributed by atoms with van der Waals surface area (Å²) in [6.45, 7) is 3.10. The highest BCUT2D eigenvalue weighted by molar-refractivity contribution is 7.13. The van der Waals surface area contributed by atoms with E-state index in [1.807, 2.05) is 0 Å². The molecule has 0 aliphatic carbocycles. The fourth-order valence-electron chi connectivity index (χ4n) is 2.84. The Morgan fingerprint density at radius 2 is 2.00 bits per heavy atom. The standard InChI is InChI=1S/C17H19FN2O2S/c1-11(21)12-6-8-20(9-7-12)17(22)15-10-23-16(19-15)13-2-4-14(18)5-3-13/h2-5,10-12,21H,6-9H2,1H3. The normalized spacial score (nSPS) is 17.3. The highest BCUT2D eigenvalue weighted by atomic mass is 32.1. The number of carbonyl (C=O) groups excluding carboxylic acids is 1. The number of hydrogen-bond donors (Lipinski definition) is 1. The Kier molecular flexibility index (Phi) is 4.73. The average Bonchev–Trinajstić information content (AvgIpc) is 3.05. The number of halogens is 1. The average molecular weight is 334 g/mol. The van der Waals surface area contributed by atoms with E-state index in [-0.39, 0.29) is 23.7 Å². The number of amides is 1. The number of carbonyl (C=O) groups is 1. The number of aliphatic hydroxyl groups excluding tert-OH is 1. The molecule has 1 fully saturated rings. The molecule has 1 saturated heterocycles. The molecule has 1 atom stereocenters. The van der Waals surface area contributed by atoms with Gasteiger partial charge in [0.2, 0.25) is 0 Å². The summed E-state index contributed by atoms with van der Waals surface area (Å²) in [5, 5.41) is 12.1. The maximum absolute atomic E-state index is 13.0. The Morgan fingerprint density at radius 3 is 2.61 bits per heavy atom. The SMILES string of the molecule is CC(O)C1CCN(C(=O)c2csc(-c3ccc(F)cc3)n2)CC1. The third-order valence-electron chi connectivity index (χ3n) is 4.32. The van der Waals surface area contributed by atoms with Crippen LogP contribution in [0.25, 0.3) is 10.6 Å². The summed E-state index contributed by atoms with van der Waals surface area (Å²) >= 11 is 1.39. The summed E-state index contributed by atoms with van der Waals surface area (Å²) in [6.07, 6.45) is 1.31. The van der Waals surface area contributed by atoms with Gasteiger partial charge in [0.25, 0.3) is 5.91 Å². The quantitative estimate of drug-likeness (QED) is 0.938. The first kappa shape index (κ1) is 16.1. The number of piperidine rings is 1. The molecule has 4 nitrogen and oxygen atoms in total. The number of aliphatic hydroxyl groups is 1. The largest absolute Gasteiger partial charge is 0.393 e. The van der Waals surface area contributed by atoms with Crippen molar-refractivity contribution in [3.63, 3.8) is 0 Å². The molecule has 2 aromatic rings. The molecule has 122 valence electrons. The summed E-state index contributed by atoms with van der Waals surface area (Å²) in [5.74, 6) is -0.0921. The van der Waals surface area contributed by atoms with E-state index in [0.717, 1.165) is 18.4 Å². The lowest BCUT2D eigenvalue weighted by molar-refractivity contribution is 0.0518. The van der Waals surface area contributed by atoms with Crippen LogP contribution in [-0.2, 0) is 0 Å². The van der Waals surface area contributed by atoms with Crippen molar-refractivity contribution in [2.75, 3.05) is 13.1 Å². The van der Waals surface area contributed by atoms with Crippen LogP contribution >= 0.6 is 11.3 Å². The Hall–Kier alpha value is -1.79. The molecule has 1 aliphatic heterocycles. The molecule has 1 amide bonds. The lowest BCUT2D eigenvalue weighted by Crippen LogP contribution is -2.40. The van der Waals surface area contributed by atoms with Crippen molar-refractivity contribution in [1.29, 1.82) is 0 Å². The lowest BCUT2D eigenvalue weighted by Gasteiger charge is -2.32. The molecule has 0 saturated carbocycles. The molecule has 0 bridgehead atoms. The number of benzene rings is 1.